The number of nitrogens with zero attached hydrogens (tertiary/aromatic N) is 3. The van der Waals surface area contributed by atoms with Crippen molar-refractivity contribution >= 4 is 16.5 Å². The predicted octanol–water partition coefficient (Wildman–Crippen LogP) is 3.06. The fourth-order valence-corrected chi connectivity index (χ4v) is 2.24. The van der Waals surface area contributed by atoms with Crippen molar-refractivity contribution in [1.29, 1.82) is 0 Å². The van der Waals surface area contributed by atoms with E-state index in [0.29, 0.717) is 10.9 Å². The Labute approximate surface area is 111 Å². The third-order valence-corrected chi connectivity index (χ3v) is 3.44. The molecule has 0 saturated heterocycles. The summed E-state index contributed by atoms with van der Waals surface area (Å²) in [5.41, 5.74) is 7.73. The SMILES string of the molecule is Cc1nsc(N)c1-c1nc(CCC(C)(C)C)no1. The lowest BCUT2D eigenvalue weighted by atomic mass is 9.90. The minimum atomic E-state index is 0.264. The van der Waals surface area contributed by atoms with Crippen molar-refractivity contribution in [3.05, 3.63) is 11.5 Å². The summed E-state index contributed by atoms with van der Waals surface area (Å²) in [6.07, 6.45) is 1.83. The van der Waals surface area contributed by atoms with Gasteiger partial charge < -0.3 is 10.3 Å². The number of aryl methyl sites for hydroxylation is 2. The Balaban J connectivity index is 2.16. The standard InChI is InChI=1S/C12H18N4OS/c1-7-9(10(13)18-16-7)11-14-8(15-17-11)5-6-12(2,3)4/h5-6,13H2,1-4H3. The molecule has 0 aliphatic carbocycles. The third-order valence-electron chi connectivity index (χ3n) is 2.67. The van der Waals surface area contributed by atoms with Gasteiger partial charge in [0.05, 0.1) is 11.3 Å². The van der Waals surface area contributed by atoms with Crippen molar-refractivity contribution in [2.75, 3.05) is 5.73 Å². The maximum atomic E-state index is 5.85. The molecule has 0 radical (unpaired) electrons. The highest BCUT2D eigenvalue weighted by Crippen LogP contribution is 2.31. The second-order valence-electron chi connectivity index (χ2n) is 5.58. The normalized spacial score (nSPS) is 12.0. The van der Waals surface area contributed by atoms with E-state index in [1.165, 1.54) is 11.5 Å². The Bertz CT molecular complexity index is 519. The van der Waals surface area contributed by atoms with E-state index < -0.39 is 0 Å². The van der Waals surface area contributed by atoms with E-state index in [1.54, 1.807) is 0 Å². The third kappa shape index (κ3) is 2.87. The van der Waals surface area contributed by atoms with E-state index in [1.807, 2.05) is 6.92 Å². The smallest absolute Gasteiger partial charge is 0.262 e. The average molecular weight is 266 g/mol. The summed E-state index contributed by atoms with van der Waals surface area (Å²) in [5.74, 6) is 1.20. The second-order valence-corrected chi connectivity index (χ2v) is 6.39. The van der Waals surface area contributed by atoms with Crippen molar-refractivity contribution in [1.82, 2.24) is 14.5 Å². The number of anilines is 1. The Kier molecular flexibility index (Phi) is 3.38. The van der Waals surface area contributed by atoms with Crippen molar-refractivity contribution in [2.24, 2.45) is 5.41 Å². The minimum Gasteiger partial charge on any atom is -0.389 e. The van der Waals surface area contributed by atoms with Gasteiger partial charge in [-0.3, -0.25) is 0 Å². The van der Waals surface area contributed by atoms with Crippen LogP contribution in [-0.4, -0.2) is 14.5 Å². The molecule has 2 rings (SSSR count). The van der Waals surface area contributed by atoms with Crippen LogP contribution in [0.5, 0.6) is 0 Å². The first kappa shape index (κ1) is 13.0. The molecule has 2 N–H and O–H groups in total. The first-order valence-electron chi connectivity index (χ1n) is 5.91. The molecule has 0 amide bonds. The fraction of sp³-hybridized carbons (Fsp3) is 0.583. The summed E-state index contributed by atoms with van der Waals surface area (Å²) in [5, 5.41) is 4.62. The van der Waals surface area contributed by atoms with Crippen molar-refractivity contribution in [3.8, 4) is 11.5 Å². The highest BCUT2D eigenvalue weighted by molar-refractivity contribution is 7.10. The molecule has 0 saturated carbocycles. The zero-order valence-electron chi connectivity index (χ0n) is 11.1. The number of nitrogen functional groups attached to an aromatic ring is 1. The van der Waals surface area contributed by atoms with Gasteiger partial charge in [0.25, 0.3) is 5.89 Å². The molecular weight excluding hydrogens is 248 g/mol. The first-order valence-corrected chi connectivity index (χ1v) is 6.69. The van der Waals surface area contributed by atoms with Gasteiger partial charge in [-0.15, -0.1) is 0 Å². The van der Waals surface area contributed by atoms with Crippen LogP contribution in [-0.2, 0) is 6.42 Å². The summed E-state index contributed by atoms with van der Waals surface area (Å²) in [6, 6.07) is 0. The predicted molar refractivity (Wildman–Crippen MR) is 72.3 cm³/mol. The van der Waals surface area contributed by atoms with Gasteiger partial charge in [0.2, 0.25) is 0 Å². The summed E-state index contributed by atoms with van der Waals surface area (Å²) in [7, 11) is 0. The van der Waals surface area contributed by atoms with Crippen LogP contribution in [0.3, 0.4) is 0 Å². The van der Waals surface area contributed by atoms with Crippen molar-refractivity contribution in [2.45, 2.75) is 40.5 Å². The fourth-order valence-electron chi connectivity index (χ4n) is 1.59. The molecule has 2 aromatic rings. The largest absolute Gasteiger partial charge is 0.389 e. The highest BCUT2D eigenvalue weighted by atomic mass is 32.1. The van der Waals surface area contributed by atoms with Crippen molar-refractivity contribution < 1.29 is 4.52 Å². The number of hydrogen-bond donors (Lipinski definition) is 1. The number of hydrogen-bond acceptors (Lipinski definition) is 6. The van der Waals surface area contributed by atoms with E-state index in [-0.39, 0.29) is 5.41 Å². The first-order chi connectivity index (χ1) is 8.37. The molecule has 98 valence electrons. The van der Waals surface area contributed by atoms with Crippen molar-refractivity contribution in [3.63, 3.8) is 0 Å². The highest BCUT2D eigenvalue weighted by Gasteiger charge is 2.18. The molecule has 0 spiro atoms. The quantitative estimate of drug-likeness (QED) is 0.923. The maximum absolute atomic E-state index is 5.85. The minimum absolute atomic E-state index is 0.264. The van der Waals surface area contributed by atoms with Crippen LogP contribution in [0.4, 0.5) is 5.00 Å². The lowest BCUT2D eigenvalue weighted by Gasteiger charge is -2.15. The van der Waals surface area contributed by atoms with Crippen LogP contribution in [0.25, 0.3) is 11.5 Å². The molecule has 0 aromatic carbocycles. The monoisotopic (exact) mass is 266 g/mol. The van der Waals surface area contributed by atoms with E-state index in [2.05, 4.69) is 35.3 Å². The van der Waals surface area contributed by atoms with Crippen LogP contribution in [0.15, 0.2) is 4.52 Å². The Morgan fingerprint density at radius 1 is 1.33 bits per heavy atom. The second kappa shape index (κ2) is 4.68. The van der Waals surface area contributed by atoms with Gasteiger partial charge in [-0.2, -0.15) is 9.36 Å². The molecule has 2 heterocycles. The molecule has 2 aromatic heterocycles. The van der Waals surface area contributed by atoms with E-state index >= 15 is 0 Å². The lowest BCUT2D eigenvalue weighted by Crippen LogP contribution is -2.07. The Hall–Kier alpha value is -1.43. The molecular formula is C12H18N4OS. The number of rotatable bonds is 3. The van der Waals surface area contributed by atoms with Gasteiger partial charge in [0, 0.05) is 6.42 Å². The van der Waals surface area contributed by atoms with Gasteiger partial charge in [-0.1, -0.05) is 25.9 Å². The van der Waals surface area contributed by atoms with Crippen LogP contribution >= 0.6 is 11.5 Å². The molecule has 5 nitrogen and oxygen atoms in total. The molecule has 0 atom stereocenters. The van der Waals surface area contributed by atoms with Gasteiger partial charge in [0.1, 0.15) is 5.00 Å². The van der Waals surface area contributed by atoms with E-state index in [4.69, 9.17) is 10.3 Å². The lowest BCUT2D eigenvalue weighted by molar-refractivity contribution is 0.366. The number of aromatic nitrogens is 3. The summed E-state index contributed by atoms with van der Waals surface area (Å²) < 4.78 is 9.44. The average Bonchev–Trinajstić information content (AvgIpc) is 2.82. The molecule has 0 fully saturated rings. The molecule has 6 heteroatoms. The topological polar surface area (TPSA) is 77.8 Å². The number of nitrogens with two attached hydrogens (primary N) is 1. The van der Waals surface area contributed by atoms with Crippen LogP contribution in [0.1, 0.15) is 38.7 Å². The zero-order chi connectivity index (χ0) is 13.3. The molecule has 18 heavy (non-hydrogen) atoms. The molecule has 0 bridgehead atoms. The summed E-state index contributed by atoms with van der Waals surface area (Å²) >= 11 is 1.25. The maximum Gasteiger partial charge on any atom is 0.262 e. The van der Waals surface area contributed by atoms with Gasteiger partial charge in [0.15, 0.2) is 5.82 Å². The zero-order valence-corrected chi connectivity index (χ0v) is 12.0. The van der Waals surface area contributed by atoms with Gasteiger partial charge >= 0.3 is 0 Å². The Morgan fingerprint density at radius 2 is 2.06 bits per heavy atom. The van der Waals surface area contributed by atoms with Gasteiger partial charge in [-0.05, 0) is 30.3 Å². The molecule has 0 unspecified atom stereocenters. The van der Waals surface area contributed by atoms with E-state index in [9.17, 15) is 0 Å². The van der Waals surface area contributed by atoms with Crippen LogP contribution < -0.4 is 5.73 Å². The van der Waals surface area contributed by atoms with Crippen LogP contribution in [0, 0.1) is 12.3 Å². The van der Waals surface area contributed by atoms with Crippen LogP contribution in [0.2, 0.25) is 0 Å². The Morgan fingerprint density at radius 3 is 2.61 bits per heavy atom. The summed E-state index contributed by atoms with van der Waals surface area (Å²) in [4.78, 5) is 4.39. The summed E-state index contributed by atoms with van der Waals surface area (Å²) in [6.45, 7) is 8.47. The van der Waals surface area contributed by atoms with Gasteiger partial charge in [-0.25, -0.2) is 0 Å². The van der Waals surface area contributed by atoms with E-state index in [0.717, 1.165) is 29.9 Å². The molecule has 0 aliphatic heterocycles. The molecule has 0 aliphatic rings.